The van der Waals surface area contributed by atoms with Crippen LogP contribution in [0.1, 0.15) is 30.4 Å². The number of alkyl halides is 1. The second kappa shape index (κ2) is 5.51. The Morgan fingerprint density at radius 2 is 2.00 bits per heavy atom. The molecule has 0 spiro atoms. The van der Waals surface area contributed by atoms with E-state index in [0.717, 1.165) is 5.56 Å². The van der Waals surface area contributed by atoms with Gasteiger partial charge >= 0.3 is 0 Å². The maximum atomic E-state index is 9.45. The van der Waals surface area contributed by atoms with Gasteiger partial charge < -0.3 is 5.11 Å². The van der Waals surface area contributed by atoms with Gasteiger partial charge in [0.2, 0.25) is 0 Å². The Balaban J connectivity index is 2.04. The molecule has 16 heavy (non-hydrogen) atoms. The van der Waals surface area contributed by atoms with Crippen LogP contribution in [0.25, 0.3) is 5.57 Å². The van der Waals surface area contributed by atoms with E-state index in [-0.39, 0.29) is 0 Å². The van der Waals surface area contributed by atoms with Crippen LogP contribution in [0.5, 0.6) is 0 Å². The fraction of sp³-hybridized carbons (Fsp3) is 0.429. The lowest BCUT2D eigenvalue weighted by Gasteiger charge is -2.08. The third-order valence-electron chi connectivity index (χ3n) is 3.02. The molecular formula is C14H17ClO. The average Bonchev–Trinajstić information content (AvgIpc) is 2.83. The third kappa shape index (κ3) is 2.87. The Bertz CT molecular complexity index is 367. The number of allylic oxidation sites excluding steroid dienone is 2. The fourth-order valence-electron chi connectivity index (χ4n) is 2.11. The quantitative estimate of drug-likeness (QED) is 0.795. The molecule has 1 aliphatic carbocycles. The van der Waals surface area contributed by atoms with E-state index < -0.39 is 6.10 Å². The van der Waals surface area contributed by atoms with Crippen molar-refractivity contribution in [2.75, 3.05) is 5.88 Å². The summed E-state index contributed by atoms with van der Waals surface area (Å²) < 4.78 is 0. The highest BCUT2D eigenvalue weighted by Gasteiger charge is 2.08. The first-order valence-corrected chi connectivity index (χ1v) is 6.35. The van der Waals surface area contributed by atoms with Crippen LogP contribution in [-0.2, 0) is 6.42 Å². The molecule has 0 heterocycles. The van der Waals surface area contributed by atoms with E-state index in [1.54, 1.807) is 0 Å². The fourth-order valence-corrected chi connectivity index (χ4v) is 2.22. The normalized spacial score (nSPS) is 17.2. The van der Waals surface area contributed by atoms with Gasteiger partial charge in [0, 0.05) is 5.88 Å². The second-order valence-corrected chi connectivity index (χ2v) is 4.64. The zero-order chi connectivity index (χ0) is 11.4. The molecule has 1 aromatic rings. The van der Waals surface area contributed by atoms with Gasteiger partial charge in [0.15, 0.2) is 0 Å². The lowest BCUT2D eigenvalue weighted by Crippen LogP contribution is -2.11. The van der Waals surface area contributed by atoms with E-state index in [1.165, 1.54) is 30.4 Å². The predicted octanol–water partition coefficient (Wildman–Crippen LogP) is 3.40. The van der Waals surface area contributed by atoms with Crippen molar-refractivity contribution in [3.8, 4) is 0 Å². The van der Waals surface area contributed by atoms with Crippen molar-refractivity contribution >= 4 is 17.2 Å². The predicted molar refractivity (Wildman–Crippen MR) is 68.7 cm³/mol. The summed E-state index contributed by atoms with van der Waals surface area (Å²) in [6.07, 6.45) is 6.22. The van der Waals surface area contributed by atoms with Crippen molar-refractivity contribution in [3.63, 3.8) is 0 Å². The molecule has 0 saturated heterocycles. The van der Waals surface area contributed by atoms with Crippen molar-refractivity contribution < 1.29 is 5.11 Å². The molecule has 0 unspecified atom stereocenters. The highest BCUT2D eigenvalue weighted by molar-refractivity contribution is 6.18. The summed E-state index contributed by atoms with van der Waals surface area (Å²) in [6.45, 7) is 0. The molecule has 0 aliphatic heterocycles. The van der Waals surface area contributed by atoms with Gasteiger partial charge in [-0.15, -0.1) is 11.6 Å². The zero-order valence-electron chi connectivity index (χ0n) is 9.32. The van der Waals surface area contributed by atoms with E-state index in [9.17, 15) is 5.11 Å². The molecule has 0 radical (unpaired) electrons. The summed E-state index contributed by atoms with van der Waals surface area (Å²) in [7, 11) is 0. The average molecular weight is 237 g/mol. The van der Waals surface area contributed by atoms with Gasteiger partial charge in [-0.3, -0.25) is 0 Å². The van der Waals surface area contributed by atoms with Crippen LogP contribution in [0, 0.1) is 0 Å². The molecule has 1 nitrogen and oxygen atoms in total. The Kier molecular flexibility index (Phi) is 4.03. The van der Waals surface area contributed by atoms with Crippen molar-refractivity contribution in [2.24, 2.45) is 0 Å². The van der Waals surface area contributed by atoms with E-state index in [0.29, 0.717) is 12.3 Å². The molecule has 0 amide bonds. The first-order valence-electron chi connectivity index (χ1n) is 5.82. The van der Waals surface area contributed by atoms with Crippen LogP contribution in [0.2, 0.25) is 0 Å². The number of rotatable bonds is 4. The SMILES string of the molecule is O[C@H](CCl)Cc1ccc(C2=CCCC2)cc1. The van der Waals surface area contributed by atoms with Gasteiger partial charge in [-0.05, 0) is 42.4 Å². The monoisotopic (exact) mass is 236 g/mol. The van der Waals surface area contributed by atoms with E-state index >= 15 is 0 Å². The highest BCUT2D eigenvalue weighted by Crippen LogP contribution is 2.27. The van der Waals surface area contributed by atoms with Crippen LogP contribution in [0.15, 0.2) is 30.3 Å². The number of hydrogen-bond acceptors (Lipinski definition) is 1. The Morgan fingerprint density at radius 1 is 1.25 bits per heavy atom. The molecule has 2 heteroatoms. The topological polar surface area (TPSA) is 20.2 Å². The molecule has 2 rings (SSSR count). The second-order valence-electron chi connectivity index (χ2n) is 4.33. The van der Waals surface area contributed by atoms with Crippen molar-refractivity contribution in [2.45, 2.75) is 31.8 Å². The summed E-state index contributed by atoms with van der Waals surface area (Å²) in [5, 5.41) is 9.45. The Morgan fingerprint density at radius 3 is 2.56 bits per heavy atom. The maximum absolute atomic E-state index is 9.45. The van der Waals surface area contributed by atoms with Gasteiger partial charge in [0.1, 0.15) is 0 Å². The summed E-state index contributed by atoms with van der Waals surface area (Å²) >= 11 is 5.58. The molecule has 1 N–H and O–H groups in total. The number of aliphatic hydroxyl groups is 1. The zero-order valence-corrected chi connectivity index (χ0v) is 10.1. The van der Waals surface area contributed by atoms with Crippen molar-refractivity contribution in [1.82, 2.24) is 0 Å². The minimum absolute atomic E-state index is 0.299. The minimum Gasteiger partial charge on any atom is -0.392 e. The highest BCUT2D eigenvalue weighted by atomic mass is 35.5. The van der Waals surface area contributed by atoms with Crippen molar-refractivity contribution in [1.29, 1.82) is 0 Å². The van der Waals surface area contributed by atoms with Gasteiger partial charge in [0.05, 0.1) is 6.10 Å². The van der Waals surface area contributed by atoms with Gasteiger partial charge in [0.25, 0.3) is 0 Å². The smallest absolute Gasteiger partial charge is 0.0715 e. The summed E-state index contributed by atoms with van der Waals surface area (Å²) in [4.78, 5) is 0. The first-order chi connectivity index (χ1) is 7.79. The Hall–Kier alpha value is -0.790. The number of hydrogen-bond donors (Lipinski definition) is 1. The third-order valence-corrected chi connectivity index (χ3v) is 3.37. The molecule has 0 bridgehead atoms. The van der Waals surface area contributed by atoms with Gasteiger partial charge in [-0.1, -0.05) is 30.3 Å². The molecule has 0 saturated carbocycles. The van der Waals surface area contributed by atoms with Crippen LogP contribution in [0.3, 0.4) is 0 Å². The Labute approximate surface area is 102 Å². The minimum atomic E-state index is -0.432. The molecule has 0 fully saturated rings. The standard InChI is InChI=1S/C14H17ClO/c15-10-14(16)9-11-5-7-13(8-6-11)12-3-1-2-4-12/h3,5-8,14,16H,1-2,4,9-10H2/t14-/m0/s1. The van der Waals surface area contributed by atoms with Crippen molar-refractivity contribution in [3.05, 3.63) is 41.5 Å². The van der Waals surface area contributed by atoms with Crippen LogP contribution in [0.4, 0.5) is 0 Å². The van der Waals surface area contributed by atoms with E-state index in [4.69, 9.17) is 11.6 Å². The molecule has 1 aromatic carbocycles. The lowest BCUT2D eigenvalue weighted by molar-refractivity contribution is 0.199. The summed E-state index contributed by atoms with van der Waals surface area (Å²) in [5.41, 5.74) is 3.93. The molecule has 1 aliphatic rings. The number of halogens is 1. The van der Waals surface area contributed by atoms with Gasteiger partial charge in [-0.25, -0.2) is 0 Å². The summed E-state index contributed by atoms with van der Waals surface area (Å²) in [6, 6.07) is 8.47. The number of aliphatic hydroxyl groups excluding tert-OH is 1. The molecule has 0 aromatic heterocycles. The lowest BCUT2D eigenvalue weighted by atomic mass is 10.0. The van der Waals surface area contributed by atoms with Crippen LogP contribution >= 0.6 is 11.6 Å². The van der Waals surface area contributed by atoms with Crippen LogP contribution < -0.4 is 0 Å². The largest absolute Gasteiger partial charge is 0.392 e. The molecule has 86 valence electrons. The molecule has 1 atom stereocenters. The van der Waals surface area contributed by atoms with E-state index in [2.05, 4.69) is 30.3 Å². The van der Waals surface area contributed by atoms with E-state index in [1.807, 2.05) is 0 Å². The summed E-state index contributed by atoms with van der Waals surface area (Å²) in [5.74, 6) is 0.299. The first kappa shape index (κ1) is 11.7. The maximum Gasteiger partial charge on any atom is 0.0715 e. The molecular weight excluding hydrogens is 220 g/mol. The number of benzene rings is 1. The van der Waals surface area contributed by atoms with Crippen LogP contribution in [-0.4, -0.2) is 17.1 Å². The van der Waals surface area contributed by atoms with Gasteiger partial charge in [-0.2, -0.15) is 0 Å².